The van der Waals surface area contributed by atoms with Crippen LogP contribution in [0.5, 0.6) is 5.75 Å². The van der Waals surface area contributed by atoms with Crippen molar-refractivity contribution in [1.82, 2.24) is 5.32 Å². The van der Waals surface area contributed by atoms with Crippen LogP contribution >= 0.6 is 15.9 Å². The van der Waals surface area contributed by atoms with Gasteiger partial charge in [0.25, 0.3) is 0 Å². The third-order valence-electron chi connectivity index (χ3n) is 2.45. The second kappa shape index (κ2) is 4.49. The topological polar surface area (TPSA) is 21.3 Å². The van der Waals surface area contributed by atoms with Crippen LogP contribution < -0.4 is 10.1 Å². The van der Waals surface area contributed by atoms with Gasteiger partial charge in [-0.1, -0.05) is 6.92 Å². The second-order valence-corrected chi connectivity index (χ2v) is 4.48. The van der Waals surface area contributed by atoms with E-state index in [1.807, 2.05) is 0 Å². The summed E-state index contributed by atoms with van der Waals surface area (Å²) >= 11 is 3.30. The van der Waals surface area contributed by atoms with E-state index in [9.17, 15) is 4.39 Å². The lowest BCUT2D eigenvalue weighted by Crippen LogP contribution is -2.23. The van der Waals surface area contributed by atoms with E-state index < -0.39 is 0 Å². The molecule has 0 aromatic heterocycles. The number of hydrogen-bond donors (Lipinski definition) is 1. The molecule has 1 aromatic carbocycles. The molecule has 1 aromatic rings. The first-order valence-electron chi connectivity index (χ1n) is 5.07. The van der Waals surface area contributed by atoms with Crippen molar-refractivity contribution in [3.8, 4) is 5.75 Å². The van der Waals surface area contributed by atoms with Crippen molar-refractivity contribution in [2.75, 3.05) is 13.2 Å². The van der Waals surface area contributed by atoms with Gasteiger partial charge in [0.15, 0.2) is 0 Å². The van der Waals surface area contributed by atoms with Crippen LogP contribution in [0.4, 0.5) is 4.39 Å². The molecule has 0 saturated carbocycles. The number of hydrogen-bond acceptors (Lipinski definition) is 2. The molecule has 1 heterocycles. The Hall–Kier alpha value is -0.610. The molecule has 1 unspecified atom stereocenters. The molecule has 4 heteroatoms. The summed E-state index contributed by atoms with van der Waals surface area (Å²) in [5.74, 6) is 0.541. The summed E-state index contributed by atoms with van der Waals surface area (Å²) in [6.45, 7) is 3.60. The van der Waals surface area contributed by atoms with Crippen LogP contribution in [0.3, 0.4) is 0 Å². The van der Waals surface area contributed by atoms with Gasteiger partial charge in [-0.15, -0.1) is 0 Å². The molecule has 2 rings (SSSR count). The van der Waals surface area contributed by atoms with Gasteiger partial charge in [0.1, 0.15) is 18.2 Å². The summed E-state index contributed by atoms with van der Waals surface area (Å²) in [5.41, 5.74) is 0.912. The lowest BCUT2D eigenvalue weighted by Gasteiger charge is -2.10. The predicted molar refractivity (Wildman–Crippen MR) is 60.6 cm³/mol. The third-order valence-corrected chi connectivity index (χ3v) is 3.04. The molecule has 2 nitrogen and oxygen atoms in total. The van der Waals surface area contributed by atoms with Crippen LogP contribution in [-0.4, -0.2) is 13.2 Å². The van der Waals surface area contributed by atoms with Crippen molar-refractivity contribution < 1.29 is 9.13 Å². The van der Waals surface area contributed by atoms with E-state index in [1.54, 1.807) is 6.07 Å². The van der Waals surface area contributed by atoms with Crippen molar-refractivity contribution in [2.45, 2.75) is 19.4 Å². The standard InChI is InChI=1S/C11H13BrFNO/c1-2-3-14-10-6-15-11-8(10)4-7(13)5-9(11)12/h4-5,10,14H,2-3,6H2,1H3. The van der Waals surface area contributed by atoms with Crippen molar-refractivity contribution in [2.24, 2.45) is 0 Å². The molecular formula is C11H13BrFNO. The summed E-state index contributed by atoms with van der Waals surface area (Å²) in [6.07, 6.45) is 1.06. The zero-order valence-corrected chi connectivity index (χ0v) is 10.1. The molecule has 82 valence electrons. The highest BCUT2D eigenvalue weighted by molar-refractivity contribution is 9.10. The number of rotatable bonds is 3. The average molecular weight is 274 g/mol. The molecule has 1 aliphatic rings. The van der Waals surface area contributed by atoms with Crippen LogP contribution in [0, 0.1) is 5.82 Å². The summed E-state index contributed by atoms with van der Waals surface area (Å²) in [6, 6.07) is 3.09. The summed E-state index contributed by atoms with van der Waals surface area (Å²) in [5, 5.41) is 3.33. The highest BCUT2D eigenvalue weighted by Gasteiger charge is 2.26. The lowest BCUT2D eigenvalue weighted by molar-refractivity contribution is 0.310. The van der Waals surface area contributed by atoms with Crippen LogP contribution in [0.25, 0.3) is 0 Å². The van der Waals surface area contributed by atoms with Crippen LogP contribution in [-0.2, 0) is 0 Å². The average Bonchev–Trinajstić information content (AvgIpc) is 2.58. The number of nitrogens with one attached hydrogen (secondary N) is 1. The van der Waals surface area contributed by atoms with Gasteiger partial charge in [-0.2, -0.15) is 0 Å². The molecule has 1 atom stereocenters. The lowest BCUT2D eigenvalue weighted by atomic mass is 10.1. The molecule has 1 aliphatic heterocycles. The maximum atomic E-state index is 13.2. The van der Waals surface area contributed by atoms with Crippen molar-refractivity contribution in [1.29, 1.82) is 0 Å². The van der Waals surface area contributed by atoms with Crippen LogP contribution in [0.15, 0.2) is 16.6 Å². The Morgan fingerprint density at radius 1 is 1.60 bits per heavy atom. The molecule has 0 bridgehead atoms. The number of halogens is 2. The zero-order valence-electron chi connectivity index (χ0n) is 8.52. The SMILES string of the molecule is CCCNC1COc2c(Br)cc(F)cc21. The fourth-order valence-corrected chi connectivity index (χ4v) is 2.30. The Labute approximate surface area is 96.9 Å². The Morgan fingerprint density at radius 2 is 2.40 bits per heavy atom. The van der Waals surface area contributed by atoms with Gasteiger partial charge in [0.05, 0.1) is 10.5 Å². The Bertz CT molecular complexity index is 370. The normalized spacial score (nSPS) is 18.7. The van der Waals surface area contributed by atoms with Gasteiger partial charge < -0.3 is 10.1 Å². The van der Waals surface area contributed by atoms with Crippen LogP contribution in [0.2, 0.25) is 0 Å². The number of benzene rings is 1. The third kappa shape index (κ3) is 2.16. The maximum Gasteiger partial charge on any atom is 0.138 e. The highest BCUT2D eigenvalue weighted by atomic mass is 79.9. The van der Waals surface area contributed by atoms with Crippen molar-refractivity contribution >= 4 is 15.9 Å². The smallest absolute Gasteiger partial charge is 0.138 e. The van der Waals surface area contributed by atoms with E-state index in [4.69, 9.17) is 4.74 Å². The summed E-state index contributed by atoms with van der Waals surface area (Å²) < 4.78 is 19.4. The Kier molecular flexibility index (Phi) is 3.26. The van der Waals surface area contributed by atoms with Gasteiger partial charge in [0.2, 0.25) is 0 Å². The molecule has 0 saturated heterocycles. The first-order chi connectivity index (χ1) is 7.22. The highest BCUT2D eigenvalue weighted by Crippen LogP contribution is 2.39. The van der Waals surface area contributed by atoms with E-state index in [0.29, 0.717) is 11.1 Å². The van der Waals surface area contributed by atoms with E-state index in [1.165, 1.54) is 6.07 Å². The fraction of sp³-hybridized carbons (Fsp3) is 0.455. The quantitative estimate of drug-likeness (QED) is 0.914. The predicted octanol–water partition coefficient (Wildman–Crippen LogP) is 3.02. The second-order valence-electron chi connectivity index (χ2n) is 3.62. The van der Waals surface area contributed by atoms with E-state index in [0.717, 1.165) is 24.3 Å². The summed E-state index contributed by atoms with van der Waals surface area (Å²) in [7, 11) is 0. The number of ether oxygens (including phenoxy) is 1. The monoisotopic (exact) mass is 273 g/mol. The minimum atomic E-state index is -0.227. The minimum Gasteiger partial charge on any atom is -0.490 e. The fourth-order valence-electron chi connectivity index (χ4n) is 1.74. The van der Waals surface area contributed by atoms with Gasteiger partial charge in [0, 0.05) is 5.56 Å². The maximum absolute atomic E-state index is 13.2. The molecule has 0 amide bonds. The Balaban J connectivity index is 2.25. The molecule has 15 heavy (non-hydrogen) atoms. The van der Waals surface area contributed by atoms with E-state index >= 15 is 0 Å². The van der Waals surface area contributed by atoms with Gasteiger partial charge >= 0.3 is 0 Å². The van der Waals surface area contributed by atoms with Crippen molar-refractivity contribution in [3.05, 3.63) is 28.0 Å². The zero-order chi connectivity index (χ0) is 10.8. The van der Waals surface area contributed by atoms with E-state index in [2.05, 4.69) is 28.2 Å². The molecule has 0 fully saturated rings. The van der Waals surface area contributed by atoms with Gasteiger partial charge in [-0.25, -0.2) is 4.39 Å². The Morgan fingerprint density at radius 3 is 3.13 bits per heavy atom. The largest absolute Gasteiger partial charge is 0.490 e. The number of fused-ring (bicyclic) bond motifs is 1. The first kappa shape index (κ1) is 10.9. The molecule has 0 aliphatic carbocycles. The van der Waals surface area contributed by atoms with Crippen molar-refractivity contribution in [3.63, 3.8) is 0 Å². The van der Waals surface area contributed by atoms with Gasteiger partial charge in [-0.3, -0.25) is 0 Å². The minimum absolute atomic E-state index is 0.118. The summed E-state index contributed by atoms with van der Waals surface area (Å²) in [4.78, 5) is 0. The molecular weight excluding hydrogens is 261 g/mol. The van der Waals surface area contributed by atoms with E-state index in [-0.39, 0.29) is 11.9 Å². The van der Waals surface area contributed by atoms with Crippen LogP contribution in [0.1, 0.15) is 24.9 Å². The van der Waals surface area contributed by atoms with Gasteiger partial charge in [-0.05, 0) is 41.0 Å². The molecule has 0 spiro atoms. The molecule has 1 N–H and O–H groups in total. The first-order valence-corrected chi connectivity index (χ1v) is 5.86. The molecule has 0 radical (unpaired) electrons.